The van der Waals surface area contributed by atoms with Crippen LogP contribution in [-0.2, 0) is 0 Å². The van der Waals surface area contributed by atoms with Crippen LogP contribution in [0.2, 0.25) is 0 Å². The molecular weight excluding hydrogens is 160 g/mol. The van der Waals surface area contributed by atoms with Crippen LogP contribution in [0.15, 0.2) is 35.3 Å². The predicted octanol–water partition coefficient (Wildman–Crippen LogP) is 2.80. The number of rotatable bonds is 0. The summed E-state index contributed by atoms with van der Waals surface area (Å²) in [6.07, 6.45) is 8.78. The molecule has 1 atom stereocenters. The van der Waals surface area contributed by atoms with E-state index in [9.17, 15) is 0 Å². The Bertz CT molecular complexity index is 213. The summed E-state index contributed by atoms with van der Waals surface area (Å²) in [5, 5.41) is 2.17. The first-order valence-corrected chi connectivity index (χ1v) is 5.26. The highest BCUT2D eigenvalue weighted by Crippen LogP contribution is 2.37. The minimum absolute atomic E-state index is 0.676. The van der Waals surface area contributed by atoms with E-state index in [1.54, 1.807) is 0 Å². The van der Waals surface area contributed by atoms with E-state index in [2.05, 4.69) is 29.7 Å². The van der Waals surface area contributed by atoms with Crippen molar-refractivity contribution in [3.63, 3.8) is 0 Å². The lowest BCUT2D eigenvalue weighted by atomic mass is 10.2. The first-order valence-electron chi connectivity index (χ1n) is 3.27. The van der Waals surface area contributed by atoms with E-state index < -0.39 is 0 Å². The maximum atomic E-state index is 2.23. The quantitative estimate of drug-likeness (QED) is 0.545. The third-order valence-electron chi connectivity index (χ3n) is 1.50. The summed E-state index contributed by atoms with van der Waals surface area (Å²) in [4.78, 5) is 0. The Morgan fingerprint density at radius 3 is 3.40 bits per heavy atom. The number of hydrogen-bond acceptors (Lipinski definition) is 2. The van der Waals surface area contributed by atoms with Crippen LogP contribution in [0, 0.1) is 0 Å². The molecule has 2 aliphatic heterocycles. The predicted molar refractivity (Wildman–Crippen MR) is 50.2 cm³/mol. The van der Waals surface area contributed by atoms with Crippen molar-refractivity contribution in [2.75, 3.05) is 5.75 Å². The summed E-state index contributed by atoms with van der Waals surface area (Å²) in [6.45, 7) is 0. The smallest absolute Gasteiger partial charge is 0.0795 e. The van der Waals surface area contributed by atoms with Gasteiger partial charge in [0.15, 0.2) is 0 Å². The summed E-state index contributed by atoms with van der Waals surface area (Å²) in [5.74, 6) is 1.17. The van der Waals surface area contributed by atoms with Crippen molar-refractivity contribution in [2.45, 2.75) is 4.58 Å². The van der Waals surface area contributed by atoms with Crippen LogP contribution in [0.3, 0.4) is 0 Å². The molecule has 0 saturated carbocycles. The first kappa shape index (κ1) is 6.62. The second-order valence-corrected chi connectivity index (χ2v) is 4.65. The highest BCUT2D eigenvalue weighted by Gasteiger charge is 2.15. The van der Waals surface area contributed by atoms with Crippen molar-refractivity contribution < 1.29 is 0 Å². The highest BCUT2D eigenvalue weighted by molar-refractivity contribution is 8.18. The van der Waals surface area contributed by atoms with E-state index in [4.69, 9.17) is 0 Å². The van der Waals surface area contributed by atoms with Crippen molar-refractivity contribution in [3.05, 3.63) is 35.3 Å². The minimum Gasteiger partial charge on any atom is -0.138 e. The molecule has 2 rings (SSSR count). The molecule has 1 unspecified atom stereocenters. The Balaban J connectivity index is 2.27. The Kier molecular flexibility index (Phi) is 1.91. The molecule has 2 heterocycles. The molecule has 0 bridgehead atoms. The summed E-state index contributed by atoms with van der Waals surface area (Å²) in [5.41, 5.74) is 1.46. The fraction of sp³-hybridized carbons (Fsp3) is 0.250. The molecule has 0 aromatic rings. The molecule has 0 saturated heterocycles. The van der Waals surface area contributed by atoms with Crippen LogP contribution in [0.5, 0.6) is 0 Å². The van der Waals surface area contributed by atoms with Crippen molar-refractivity contribution in [1.29, 1.82) is 0 Å². The van der Waals surface area contributed by atoms with E-state index in [1.807, 2.05) is 23.5 Å². The maximum Gasteiger partial charge on any atom is 0.0795 e. The Hall–Kier alpha value is -0.0800. The lowest BCUT2D eigenvalue weighted by molar-refractivity contribution is 1.41. The molecule has 0 amide bonds. The van der Waals surface area contributed by atoms with E-state index in [0.29, 0.717) is 4.58 Å². The van der Waals surface area contributed by atoms with Crippen LogP contribution in [0.1, 0.15) is 0 Å². The molecule has 0 fully saturated rings. The topological polar surface area (TPSA) is 0 Å². The van der Waals surface area contributed by atoms with Crippen LogP contribution in [0.25, 0.3) is 0 Å². The van der Waals surface area contributed by atoms with Gasteiger partial charge in [-0.2, -0.15) is 0 Å². The van der Waals surface area contributed by atoms with Gasteiger partial charge in [-0.15, -0.1) is 23.5 Å². The van der Waals surface area contributed by atoms with Gasteiger partial charge in [0.2, 0.25) is 0 Å². The monoisotopic (exact) mass is 168 g/mol. The Morgan fingerprint density at radius 2 is 2.50 bits per heavy atom. The van der Waals surface area contributed by atoms with Gasteiger partial charge in [0.05, 0.1) is 4.58 Å². The van der Waals surface area contributed by atoms with Gasteiger partial charge in [-0.1, -0.05) is 24.3 Å². The van der Waals surface area contributed by atoms with Gasteiger partial charge in [-0.05, 0) is 11.0 Å². The third kappa shape index (κ3) is 1.18. The second kappa shape index (κ2) is 2.89. The first-order chi connectivity index (χ1) is 4.97. The van der Waals surface area contributed by atoms with Crippen LogP contribution in [-0.4, -0.2) is 10.3 Å². The van der Waals surface area contributed by atoms with Crippen molar-refractivity contribution in [1.82, 2.24) is 0 Å². The van der Waals surface area contributed by atoms with Gasteiger partial charge in [-0.25, -0.2) is 0 Å². The van der Waals surface area contributed by atoms with Gasteiger partial charge in [-0.3, -0.25) is 0 Å². The van der Waals surface area contributed by atoms with E-state index >= 15 is 0 Å². The molecule has 0 spiro atoms. The summed E-state index contributed by atoms with van der Waals surface area (Å²) in [6, 6.07) is 0. The third-order valence-corrected chi connectivity index (χ3v) is 4.03. The molecular formula is C8H8S2. The van der Waals surface area contributed by atoms with Crippen molar-refractivity contribution in [2.24, 2.45) is 0 Å². The number of fused-ring (bicyclic) bond motifs is 1. The molecule has 2 aliphatic rings. The van der Waals surface area contributed by atoms with E-state index in [0.717, 1.165) is 0 Å². The van der Waals surface area contributed by atoms with Crippen LogP contribution < -0.4 is 0 Å². The number of allylic oxidation sites excluding steroid dienone is 3. The van der Waals surface area contributed by atoms with Gasteiger partial charge in [0.25, 0.3) is 0 Å². The summed E-state index contributed by atoms with van der Waals surface area (Å²) >= 11 is 3.91. The SMILES string of the molecule is C1=CSC2SCC=CC2=C1. The molecule has 0 aromatic carbocycles. The van der Waals surface area contributed by atoms with Gasteiger partial charge in [0, 0.05) is 5.75 Å². The maximum absolute atomic E-state index is 2.23. The molecule has 0 radical (unpaired) electrons. The van der Waals surface area contributed by atoms with E-state index in [-0.39, 0.29) is 0 Å². The fourth-order valence-electron chi connectivity index (χ4n) is 1.02. The number of thioether (sulfide) groups is 2. The average molecular weight is 168 g/mol. The van der Waals surface area contributed by atoms with Crippen molar-refractivity contribution >= 4 is 23.5 Å². The molecule has 10 heavy (non-hydrogen) atoms. The molecule has 0 aromatic heterocycles. The molecule has 52 valence electrons. The van der Waals surface area contributed by atoms with Crippen LogP contribution >= 0.6 is 23.5 Å². The lowest BCUT2D eigenvalue weighted by Crippen LogP contribution is -2.05. The fourth-order valence-corrected chi connectivity index (χ4v) is 3.12. The average Bonchev–Trinajstić information content (AvgIpc) is 2.05. The zero-order chi connectivity index (χ0) is 6.81. The molecule has 0 nitrogen and oxygen atoms in total. The molecule has 0 N–H and O–H groups in total. The van der Waals surface area contributed by atoms with Gasteiger partial charge < -0.3 is 0 Å². The number of hydrogen-bond donors (Lipinski definition) is 0. The molecule has 2 heteroatoms. The summed E-state index contributed by atoms with van der Waals surface area (Å²) in [7, 11) is 0. The highest BCUT2D eigenvalue weighted by atomic mass is 32.2. The molecule has 0 aliphatic carbocycles. The largest absolute Gasteiger partial charge is 0.138 e. The normalized spacial score (nSPS) is 29.6. The zero-order valence-electron chi connectivity index (χ0n) is 5.49. The Morgan fingerprint density at radius 1 is 1.50 bits per heavy atom. The minimum atomic E-state index is 0.676. The van der Waals surface area contributed by atoms with Crippen LogP contribution in [0.4, 0.5) is 0 Å². The standard InChI is InChI=1S/C8H8S2/c1-3-7-4-2-6-10-8(7)9-5-1/h1-5,8H,6H2. The second-order valence-electron chi connectivity index (χ2n) is 2.20. The van der Waals surface area contributed by atoms with Gasteiger partial charge >= 0.3 is 0 Å². The lowest BCUT2D eigenvalue weighted by Gasteiger charge is -2.20. The zero-order valence-corrected chi connectivity index (χ0v) is 7.12. The summed E-state index contributed by atoms with van der Waals surface area (Å²) < 4.78 is 0.676. The van der Waals surface area contributed by atoms with Crippen molar-refractivity contribution in [3.8, 4) is 0 Å². The van der Waals surface area contributed by atoms with Gasteiger partial charge in [0.1, 0.15) is 0 Å². The van der Waals surface area contributed by atoms with E-state index in [1.165, 1.54) is 11.3 Å². The Labute approximate surface area is 69.5 Å².